The van der Waals surface area contributed by atoms with E-state index in [0.717, 1.165) is 23.3 Å². The highest BCUT2D eigenvalue weighted by Gasteiger charge is 2.44. The third-order valence-corrected chi connectivity index (χ3v) is 8.03. The largest absolute Gasteiger partial charge is 0.490 e. The van der Waals surface area contributed by atoms with Gasteiger partial charge in [0.15, 0.2) is 0 Å². The molecule has 0 radical (unpaired) electrons. The van der Waals surface area contributed by atoms with Crippen molar-refractivity contribution < 1.29 is 28.5 Å². The molecule has 0 unspecified atom stereocenters. The van der Waals surface area contributed by atoms with Gasteiger partial charge in [-0.3, -0.25) is 0 Å². The van der Waals surface area contributed by atoms with Crippen LogP contribution in [0.4, 0.5) is 0 Å². The van der Waals surface area contributed by atoms with Gasteiger partial charge in [-0.05, 0) is 68.4 Å². The molecule has 0 N–H and O–H groups in total. The predicted molar refractivity (Wildman–Crippen MR) is 175 cm³/mol. The molecular weight excluding hydrogens is 564 g/mol. The summed E-state index contributed by atoms with van der Waals surface area (Å²) >= 11 is 0. The van der Waals surface area contributed by atoms with Crippen molar-refractivity contribution in [1.82, 2.24) is 0 Å². The SMILES string of the molecule is C=CC(=O)OCCOc1ccc(C2(c3ccc(OCCOC(=O)C=C)cc3)c3ccccc3-c3cccc4cccc2c34)cc1. The quantitative estimate of drug-likeness (QED) is 0.0832. The van der Waals surface area contributed by atoms with Crippen molar-refractivity contribution in [3.8, 4) is 22.6 Å². The van der Waals surface area contributed by atoms with E-state index in [4.69, 9.17) is 18.9 Å². The van der Waals surface area contributed by atoms with Crippen LogP contribution in [0.2, 0.25) is 0 Å². The zero-order chi connectivity index (χ0) is 31.2. The lowest BCUT2D eigenvalue weighted by Crippen LogP contribution is -2.33. The van der Waals surface area contributed by atoms with Crippen LogP contribution in [0.3, 0.4) is 0 Å². The van der Waals surface area contributed by atoms with Gasteiger partial charge >= 0.3 is 11.9 Å². The topological polar surface area (TPSA) is 71.1 Å². The fraction of sp³-hybridized carbons (Fsp3) is 0.128. The van der Waals surface area contributed by atoms with Crippen molar-refractivity contribution in [2.75, 3.05) is 26.4 Å². The van der Waals surface area contributed by atoms with Crippen LogP contribution in [0.5, 0.6) is 11.5 Å². The molecule has 1 aliphatic carbocycles. The van der Waals surface area contributed by atoms with E-state index in [1.807, 2.05) is 24.3 Å². The third kappa shape index (κ3) is 5.58. The number of esters is 2. The van der Waals surface area contributed by atoms with Crippen LogP contribution in [0.15, 0.2) is 135 Å². The van der Waals surface area contributed by atoms with E-state index in [-0.39, 0.29) is 26.4 Å². The van der Waals surface area contributed by atoms with Crippen LogP contribution < -0.4 is 9.47 Å². The number of carbonyl (C=O) groups is 2. The minimum Gasteiger partial charge on any atom is -0.490 e. The number of benzene rings is 5. The molecule has 6 nitrogen and oxygen atoms in total. The van der Waals surface area contributed by atoms with E-state index in [0.29, 0.717) is 11.5 Å². The van der Waals surface area contributed by atoms with Gasteiger partial charge in [-0.1, -0.05) is 98.1 Å². The highest BCUT2D eigenvalue weighted by atomic mass is 16.6. The molecule has 0 fully saturated rings. The van der Waals surface area contributed by atoms with Crippen molar-refractivity contribution in [2.45, 2.75) is 5.41 Å². The summed E-state index contributed by atoms with van der Waals surface area (Å²) in [5, 5.41) is 2.39. The van der Waals surface area contributed by atoms with Crippen LogP contribution >= 0.6 is 0 Å². The first-order chi connectivity index (χ1) is 22.1. The predicted octanol–water partition coefficient (Wildman–Crippen LogP) is 7.42. The maximum Gasteiger partial charge on any atom is 0.330 e. The second-order valence-electron chi connectivity index (χ2n) is 10.5. The summed E-state index contributed by atoms with van der Waals surface area (Å²) in [5.41, 5.74) is 6.24. The van der Waals surface area contributed by atoms with Gasteiger partial charge in [0.25, 0.3) is 0 Å². The summed E-state index contributed by atoms with van der Waals surface area (Å²) in [5.74, 6) is 0.391. The minimum absolute atomic E-state index is 0.133. The molecule has 0 spiro atoms. The Morgan fingerprint density at radius 2 is 1.04 bits per heavy atom. The first kappa shape index (κ1) is 29.5. The molecule has 6 heteroatoms. The van der Waals surface area contributed by atoms with E-state index < -0.39 is 17.4 Å². The standard InChI is InChI=1S/C39H32O6/c1-3-36(40)44-25-23-42-30-19-15-28(16-20-30)39(29-17-21-31(22-18-29)43-24-26-45-37(41)4-2)34-13-6-5-11-32(34)33-12-7-9-27-10-8-14-35(39)38(27)33/h3-22H,1-2,23-26H2. The Labute approximate surface area is 262 Å². The lowest BCUT2D eigenvalue weighted by Gasteiger charge is -2.42. The lowest BCUT2D eigenvalue weighted by atomic mass is 9.59. The second kappa shape index (κ2) is 12.9. The van der Waals surface area contributed by atoms with E-state index in [1.165, 1.54) is 33.0 Å². The summed E-state index contributed by atoms with van der Waals surface area (Å²) in [6.07, 6.45) is 2.27. The maximum absolute atomic E-state index is 11.4. The van der Waals surface area contributed by atoms with Gasteiger partial charge in [-0.25, -0.2) is 9.59 Å². The van der Waals surface area contributed by atoms with Gasteiger partial charge in [-0.15, -0.1) is 0 Å². The van der Waals surface area contributed by atoms with Gasteiger partial charge in [0.05, 0.1) is 5.41 Å². The van der Waals surface area contributed by atoms with Gasteiger partial charge in [0.1, 0.15) is 37.9 Å². The highest BCUT2D eigenvalue weighted by molar-refractivity contribution is 6.04. The normalized spacial score (nSPS) is 12.4. The van der Waals surface area contributed by atoms with E-state index >= 15 is 0 Å². The average Bonchev–Trinajstić information content (AvgIpc) is 3.09. The monoisotopic (exact) mass is 596 g/mol. The van der Waals surface area contributed by atoms with Crippen LogP contribution in [0, 0.1) is 0 Å². The lowest BCUT2D eigenvalue weighted by molar-refractivity contribution is -0.139. The van der Waals surface area contributed by atoms with Gasteiger partial charge < -0.3 is 18.9 Å². The van der Waals surface area contributed by atoms with Crippen molar-refractivity contribution in [3.63, 3.8) is 0 Å². The number of hydrogen-bond acceptors (Lipinski definition) is 6. The Bertz CT molecular complexity index is 1790. The smallest absolute Gasteiger partial charge is 0.330 e. The molecule has 224 valence electrons. The minimum atomic E-state index is -0.652. The molecular formula is C39H32O6. The van der Waals surface area contributed by atoms with Crippen molar-refractivity contribution >= 4 is 22.7 Å². The van der Waals surface area contributed by atoms with Crippen molar-refractivity contribution in [1.29, 1.82) is 0 Å². The van der Waals surface area contributed by atoms with Crippen LogP contribution in [0.1, 0.15) is 22.3 Å². The van der Waals surface area contributed by atoms with Crippen LogP contribution in [0.25, 0.3) is 21.9 Å². The third-order valence-electron chi connectivity index (χ3n) is 8.03. The Kier molecular flexibility index (Phi) is 8.47. The van der Waals surface area contributed by atoms with Crippen molar-refractivity contribution in [2.24, 2.45) is 0 Å². The zero-order valence-corrected chi connectivity index (χ0v) is 24.7. The van der Waals surface area contributed by atoms with Crippen molar-refractivity contribution in [3.05, 3.63) is 157 Å². The van der Waals surface area contributed by atoms with Crippen LogP contribution in [-0.4, -0.2) is 38.4 Å². The highest BCUT2D eigenvalue weighted by Crippen LogP contribution is 2.55. The first-order valence-corrected chi connectivity index (χ1v) is 14.7. The molecule has 0 aromatic heterocycles. The summed E-state index contributed by atoms with van der Waals surface area (Å²) < 4.78 is 21.9. The molecule has 1 aliphatic rings. The first-order valence-electron chi connectivity index (χ1n) is 14.7. The summed E-state index contributed by atoms with van der Waals surface area (Å²) in [7, 11) is 0. The Balaban J connectivity index is 1.44. The molecule has 0 amide bonds. The van der Waals surface area contributed by atoms with E-state index in [2.05, 4.69) is 98.1 Å². The molecule has 0 saturated carbocycles. The fourth-order valence-corrected chi connectivity index (χ4v) is 6.18. The molecule has 0 aliphatic heterocycles. The zero-order valence-electron chi connectivity index (χ0n) is 24.7. The summed E-state index contributed by atoms with van der Waals surface area (Å²) in [6, 6.07) is 37.8. The Hall–Kier alpha value is -5.62. The fourth-order valence-electron chi connectivity index (χ4n) is 6.18. The molecule has 5 aromatic carbocycles. The van der Waals surface area contributed by atoms with E-state index in [9.17, 15) is 9.59 Å². The summed E-state index contributed by atoms with van der Waals surface area (Å²) in [6.45, 7) is 7.56. The average molecular weight is 597 g/mol. The Morgan fingerprint density at radius 1 is 0.556 bits per heavy atom. The molecule has 0 saturated heterocycles. The Morgan fingerprint density at radius 3 is 1.60 bits per heavy atom. The number of rotatable bonds is 12. The number of carbonyl (C=O) groups excluding carboxylic acids is 2. The number of ether oxygens (including phenoxy) is 4. The number of hydrogen-bond donors (Lipinski definition) is 0. The molecule has 6 rings (SSSR count). The van der Waals surface area contributed by atoms with Gasteiger partial charge in [-0.2, -0.15) is 0 Å². The van der Waals surface area contributed by atoms with Gasteiger partial charge in [0.2, 0.25) is 0 Å². The summed E-state index contributed by atoms with van der Waals surface area (Å²) in [4.78, 5) is 22.8. The second-order valence-corrected chi connectivity index (χ2v) is 10.5. The van der Waals surface area contributed by atoms with Crippen LogP contribution in [-0.2, 0) is 24.5 Å². The molecule has 0 atom stereocenters. The van der Waals surface area contributed by atoms with E-state index in [1.54, 1.807) is 0 Å². The van der Waals surface area contributed by atoms with Gasteiger partial charge in [0, 0.05) is 12.2 Å². The maximum atomic E-state index is 11.4. The molecule has 0 heterocycles. The molecule has 45 heavy (non-hydrogen) atoms. The molecule has 0 bridgehead atoms. The molecule has 5 aromatic rings. The number of fused-ring (bicyclic) bond motifs is 2.